The van der Waals surface area contributed by atoms with E-state index in [1.807, 2.05) is 12.1 Å². The average Bonchev–Trinajstić information content (AvgIpc) is 2.92. The van der Waals surface area contributed by atoms with Gasteiger partial charge in [-0.05, 0) is 30.2 Å². The van der Waals surface area contributed by atoms with Crippen LogP contribution < -0.4 is 15.4 Å². The molecule has 0 saturated heterocycles. The van der Waals surface area contributed by atoms with Crippen molar-refractivity contribution in [3.63, 3.8) is 0 Å². The number of para-hydroxylation sites is 2. The van der Waals surface area contributed by atoms with Crippen LogP contribution in [0.25, 0.3) is 0 Å². The lowest BCUT2D eigenvalue weighted by Gasteiger charge is -2.20. The number of anilines is 2. The summed E-state index contributed by atoms with van der Waals surface area (Å²) in [5.41, 5.74) is 8.56. The minimum absolute atomic E-state index is 0.145. The van der Waals surface area contributed by atoms with Gasteiger partial charge < -0.3 is 20.5 Å². The molecule has 1 heterocycles. The molecule has 0 radical (unpaired) electrons. The maximum Gasteiger partial charge on any atom is 0.262 e. The molecule has 0 atom stereocenters. The summed E-state index contributed by atoms with van der Waals surface area (Å²) in [4.78, 5) is 14.3. The molecular weight excluding hydrogens is 268 g/mol. The van der Waals surface area contributed by atoms with E-state index in [2.05, 4.69) is 0 Å². The summed E-state index contributed by atoms with van der Waals surface area (Å²) < 4.78 is 5.05. The maximum absolute atomic E-state index is 12.7. The van der Waals surface area contributed by atoms with Crippen molar-refractivity contribution < 1.29 is 14.6 Å². The third kappa shape index (κ3) is 2.07. The molecule has 0 saturated carbocycles. The molecule has 0 unspecified atom stereocenters. The zero-order chi connectivity index (χ0) is 15.0. The molecule has 0 aliphatic carbocycles. The summed E-state index contributed by atoms with van der Waals surface area (Å²) in [7, 11) is 1.45. The van der Waals surface area contributed by atoms with Crippen LogP contribution in [-0.2, 0) is 6.42 Å². The van der Waals surface area contributed by atoms with E-state index in [1.54, 1.807) is 29.2 Å². The quantitative estimate of drug-likeness (QED) is 0.829. The third-order valence-corrected chi connectivity index (χ3v) is 3.72. The number of fused-ring (bicyclic) bond motifs is 1. The third-order valence-electron chi connectivity index (χ3n) is 3.72. The number of amides is 1. The van der Waals surface area contributed by atoms with Gasteiger partial charge in [-0.2, -0.15) is 0 Å². The van der Waals surface area contributed by atoms with Crippen molar-refractivity contribution in [1.82, 2.24) is 0 Å². The molecule has 1 amide bonds. The van der Waals surface area contributed by atoms with Crippen LogP contribution in [0, 0.1) is 0 Å². The molecule has 0 spiro atoms. The zero-order valence-corrected chi connectivity index (χ0v) is 11.7. The Morgan fingerprint density at radius 3 is 2.81 bits per heavy atom. The van der Waals surface area contributed by atoms with Gasteiger partial charge in [0.15, 0.2) is 11.5 Å². The monoisotopic (exact) mass is 284 g/mol. The molecule has 5 nitrogen and oxygen atoms in total. The SMILES string of the molecule is COc1cccc(C(=O)N2CCc3cccc(N)c32)c1O. The van der Waals surface area contributed by atoms with E-state index in [1.165, 1.54) is 7.11 Å². The Hall–Kier alpha value is -2.69. The van der Waals surface area contributed by atoms with Crippen LogP contribution in [0.3, 0.4) is 0 Å². The van der Waals surface area contributed by atoms with Gasteiger partial charge in [0.25, 0.3) is 5.91 Å². The standard InChI is InChI=1S/C16H16N2O3/c1-21-13-7-3-5-11(15(13)19)16(20)18-9-8-10-4-2-6-12(17)14(10)18/h2-7,19H,8-9,17H2,1H3. The van der Waals surface area contributed by atoms with E-state index in [0.717, 1.165) is 17.7 Å². The molecule has 3 N–H and O–H groups in total. The number of aromatic hydroxyl groups is 1. The van der Waals surface area contributed by atoms with Crippen molar-refractivity contribution in [1.29, 1.82) is 0 Å². The molecule has 3 rings (SSSR count). The lowest BCUT2D eigenvalue weighted by molar-refractivity contribution is 0.0986. The van der Waals surface area contributed by atoms with E-state index in [4.69, 9.17) is 10.5 Å². The van der Waals surface area contributed by atoms with Crippen LogP contribution in [0.5, 0.6) is 11.5 Å². The van der Waals surface area contributed by atoms with Crippen LogP contribution in [0.15, 0.2) is 36.4 Å². The Morgan fingerprint density at radius 1 is 1.29 bits per heavy atom. The van der Waals surface area contributed by atoms with Crippen molar-refractivity contribution in [3.8, 4) is 11.5 Å². The first-order valence-electron chi connectivity index (χ1n) is 6.68. The van der Waals surface area contributed by atoms with Gasteiger partial charge in [0, 0.05) is 6.54 Å². The van der Waals surface area contributed by atoms with Gasteiger partial charge in [-0.1, -0.05) is 18.2 Å². The predicted molar refractivity (Wildman–Crippen MR) is 80.9 cm³/mol. The number of hydrogen-bond acceptors (Lipinski definition) is 4. The highest BCUT2D eigenvalue weighted by Gasteiger charge is 2.29. The maximum atomic E-state index is 12.7. The van der Waals surface area contributed by atoms with Crippen molar-refractivity contribution in [2.75, 3.05) is 24.3 Å². The Balaban J connectivity index is 2.03. The molecule has 0 aromatic heterocycles. The predicted octanol–water partition coefficient (Wildman–Crippen LogP) is 2.19. The van der Waals surface area contributed by atoms with Crippen molar-refractivity contribution >= 4 is 17.3 Å². The van der Waals surface area contributed by atoms with Crippen LogP contribution in [-0.4, -0.2) is 24.7 Å². The lowest BCUT2D eigenvalue weighted by atomic mass is 10.1. The first-order chi connectivity index (χ1) is 10.1. The molecular formula is C16H16N2O3. The number of benzene rings is 2. The summed E-state index contributed by atoms with van der Waals surface area (Å²) in [5.74, 6) is -0.141. The summed E-state index contributed by atoms with van der Waals surface area (Å²) in [6.07, 6.45) is 0.761. The fourth-order valence-electron chi connectivity index (χ4n) is 2.69. The normalized spacial score (nSPS) is 13.1. The number of phenols is 1. The average molecular weight is 284 g/mol. The number of ether oxygens (including phenoxy) is 1. The number of methoxy groups -OCH3 is 1. The smallest absolute Gasteiger partial charge is 0.262 e. The number of nitrogens with zero attached hydrogens (tertiary/aromatic N) is 1. The Labute approximate surface area is 122 Å². The lowest BCUT2D eigenvalue weighted by Crippen LogP contribution is -2.29. The van der Waals surface area contributed by atoms with Crippen LogP contribution in [0.2, 0.25) is 0 Å². The molecule has 108 valence electrons. The van der Waals surface area contributed by atoms with Crippen molar-refractivity contribution in [3.05, 3.63) is 47.5 Å². The molecule has 1 aliphatic heterocycles. The van der Waals surface area contributed by atoms with Crippen molar-refractivity contribution in [2.24, 2.45) is 0 Å². The Bertz CT molecular complexity index is 713. The van der Waals surface area contributed by atoms with Gasteiger partial charge in [0.05, 0.1) is 24.0 Å². The summed E-state index contributed by atoms with van der Waals surface area (Å²) in [6.45, 7) is 0.555. The number of nitrogen functional groups attached to an aromatic ring is 1. The largest absolute Gasteiger partial charge is 0.504 e. The van der Waals surface area contributed by atoms with Gasteiger partial charge in [-0.25, -0.2) is 0 Å². The van der Waals surface area contributed by atoms with Crippen molar-refractivity contribution in [2.45, 2.75) is 6.42 Å². The molecule has 0 bridgehead atoms. The van der Waals surface area contributed by atoms with E-state index < -0.39 is 0 Å². The van der Waals surface area contributed by atoms with E-state index in [9.17, 15) is 9.90 Å². The summed E-state index contributed by atoms with van der Waals surface area (Å²) in [6, 6.07) is 10.5. The first kappa shape index (κ1) is 13.3. The van der Waals surface area contributed by atoms with Crippen LogP contribution in [0.4, 0.5) is 11.4 Å². The Morgan fingerprint density at radius 2 is 2.05 bits per heavy atom. The first-order valence-corrected chi connectivity index (χ1v) is 6.68. The second-order valence-corrected chi connectivity index (χ2v) is 4.92. The number of nitrogens with two attached hydrogens (primary N) is 1. The second-order valence-electron chi connectivity index (χ2n) is 4.92. The molecule has 2 aromatic carbocycles. The fraction of sp³-hybridized carbons (Fsp3) is 0.188. The number of carbonyl (C=O) groups is 1. The van der Waals surface area contributed by atoms with E-state index >= 15 is 0 Å². The van der Waals surface area contributed by atoms with Gasteiger partial charge in [-0.3, -0.25) is 4.79 Å². The van der Waals surface area contributed by atoms with Gasteiger partial charge in [0.1, 0.15) is 0 Å². The Kier molecular flexibility index (Phi) is 3.17. The van der Waals surface area contributed by atoms with Crippen LogP contribution in [0.1, 0.15) is 15.9 Å². The van der Waals surface area contributed by atoms with Crippen LogP contribution >= 0.6 is 0 Å². The minimum atomic E-state index is -0.275. The molecule has 0 fully saturated rings. The molecule has 2 aromatic rings. The number of phenolic OH excluding ortho intramolecular Hbond substituents is 1. The van der Waals surface area contributed by atoms with E-state index in [-0.39, 0.29) is 23.0 Å². The molecule has 1 aliphatic rings. The highest BCUT2D eigenvalue weighted by Crippen LogP contribution is 2.37. The fourth-order valence-corrected chi connectivity index (χ4v) is 2.69. The summed E-state index contributed by atoms with van der Waals surface area (Å²) in [5, 5.41) is 10.1. The van der Waals surface area contributed by atoms with Gasteiger partial charge in [0.2, 0.25) is 0 Å². The topological polar surface area (TPSA) is 75.8 Å². The van der Waals surface area contributed by atoms with Gasteiger partial charge >= 0.3 is 0 Å². The number of rotatable bonds is 2. The highest BCUT2D eigenvalue weighted by molar-refractivity contribution is 6.10. The molecule has 5 heteroatoms. The van der Waals surface area contributed by atoms with Gasteiger partial charge in [-0.15, -0.1) is 0 Å². The number of hydrogen-bond donors (Lipinski definition) is 2. The second kappa shape index (κ2) is 5.01. The van der Waals surface area contributed by atoms with E-state index in [0.29, 0.717) is 12.2 Å². The minimum Gasteiger partial charge on any atom is -0.504 e. The summed E-state index contributed by atoms with van der Waals surface area (Å²) >= 11 is 0. The molecule has 21 heavy (non-hydrogen) atoms. The zero-order valence-electron chi connectivity index (χ0n) is 11.7. The highest BCUT2D eigenvalue weighted by atomic mass is 16.5. The number of carbonyl (C=O) groups excluding carboxylic acids is 1.